The Kier molecular flexibility index (Phi) is 6.15. The lowest BCUT2D eigenvalue weighted by Crippen LogP contribution is -2.19. The van der Waals surface area contributed by atoms with Crippen molar-refractivity contribution in [3.05, 3.63) is 63.5 Å². The molecule has 0 saturated carbocycles. The number of nitro benzene ring substituents is 1. The maximum absolute atomic E-state index is 13.5. The first-order chi connectivity index (χ1) is 12.8. The zero-order valence-electron chi connectivity index (χ0n) is 14.3. The van der Waals surface area contributed by atoms with Gasteiger partial charge in [0.25, 0.3) is 5.91 Å². The summed E-state index contributed by atoms with van der Waals surface area (Å²) in [6.45, 7) is 1.14. The Bertz CT molecular complexity index is 929. The van der Waals surface area contributed by atoms with Crippen molar-refractivity contribution in [3.63, 3.8) is 0 Å². The molecular weight excluding hydrogens is 361 g/mol. The second-order valence-electron chi connectivity index (χ2n) is 5.06. The van der Waals surface area contributed by atoms with Gasteiger partial charge >= 0.3 is 11.7 Å². The fourth-order valence-corrected chi connectivity index (χ4v) is 2.16. The number of benzene rings is 2. The third kappa shape index (κ3) is 4.63. The normalized spacial score (nSPS) is 10.5. The van der Waals surface area contributed by atoms with Gasteiger partial charge in [0.15, 0.2) is 5.75 Å². The quantitative estimate of drug-likeness (QED) is 0.272. The summed E-state index contributed by atoms with van der Waals surface area (Å²) in [5, 5.41) is 15.0. The number of halogens is 1. The summed E-state index contributed by atoms with van der Waals surface area (Å²) < 4.78 is 23.4. The molecule has 0 fully saturated rings. The number of nitrogens with one attached hydrogen (secondary N) is 1. The summed E-state index contributed by atoms with van der Waals surface area (Å²) in [4.78, 5) is 33.6. The zero-order valence-corrected chi connectivity index (χ0v) is 14.3. The minimum absolute atomic E-state index is 0.0263. The number of nitro groups is 1. The van der Waals surface area contributed by atoms with Crippen molar-refractivity contribution in [3.8, 4) is 11.5 Å². The Morgan fingerprint density at radius 3 is 2.56 bits per heavy atom. The lowest BCUT2D eigenvalue weighted by Gasteiger charge is -2.09. The molecule has 1 amide bonds. The van der Waals surface area contributed by atoms with Crippen LogP contribution in [0.3, 0.4) is 0 Å². The van der Waals surface area contributed by atoms with Gasteiger partial charge in [-0.25, -0.2) is 9.82 Å². The van der Waals surface area contributed by atoms with Crippen molar-refractivity contribution in [2.45, 2.75) is 6.92 Å². The number of nitrogens with zero attached hydrogens (tertiary/aromatic N) is 2. The number of hydrogen-bond acceptors (Lipinski definition) is 7. The molecule has 0 aliphatic rings. The minimum atomic E-state index is -0.824. The molecule has 0 heterocycles. The van der Waals surface area contributed by atoms with Crippen LogP contribution in [-0.4, -0.2) is 30.1 Å². The maximum atomic E-state index is 13.5. The number of carbonyl (C=O) groups is 2. The van der Waals surface area contributed by atoms with E-state index in [1.807, 2.05) is 0 Å². The van der Waals surface area contributed by atoms with E-state index in [2.05, 4.69) is 10.5 Å². The van der Waals surface area contributed by atoms with Crippen molar-refractivity contribution in [1.29, 1.82) is 0 Å². The molecule has 10 heteroatoms. The highest BCUT2D eigenvalue weighted by Crippen LogP contribution is 2.39. The van der Waals surface area contributed by atoms with Gasteiger partial charge in [-0.15, -0.1) is 0 Å². The first kappa shape index (κ1) is 19.5. The van der Waals surface area contributed by atoms with E-state index in [0.717, 1.165) is 19.2 Å². The van der Waals surface area contributed by atoms with E-state index in [-0.39, 0.29) is 22.6 Å². The van der Waals surface area contributed by atoms with Gasteiger partial charge in [0.05, 0.1) is 29.4 Å². The van der Waals surface area contributed by atoms with E-state index in [1.54, 1.807) is 0 Å². The van der Waals surface area contributed by atoms with Gasteiger partial charge in [-0.2, -0.15) is 5.10 Å². The van der Waals surface area contributed by atoms with Crippen LogP contribution in [0.4, 0.5) is 10.1 Å². The first-order valence-corrected chi connectivity index (χ1v) is 7.47. The summed E-state index contributed by atoms with van der Waals surface area (Å²) in [6.07, 6.45) is 0.997. The molecule has 2 aromatic carbocycles. The summed E-state index contributed by atoms with van der Waals surface area (Å²) in [5.41, 5.74) is 1.31. The van der Waals surface area contributed by atoms with Crippen molar-refractivity contribution in [2.24, 2.45) is 5.10 Å². The van der Waals surface area contributed by atoms with Crippen LogP contribution in [0.2, 0.25) is 0 Å². The number of ether oxygens (including phenoxy) is 2. The molecule has 0 aromatic heterocycles. The van der Waals surface area contributed by atoms with Crippen LogP contribution in [0, 0.1) is 15.9 Å². The van der Waals surface area contributed by atoms with Crippen molar-refractivity contribution >= 4 is 23.8 Å². The van der Waals surface area contributed by atoms with E-state index in [9.17, 15) is 24.1 Å². The number of amides is 1. The Balaban J connectivity index is 2.31. The zero-order chi connectivity index (χ0) is 20.0. The number of rotatable bonds is 6. The Labute approximate surface area is 152 Å². The minimum Gasteiger partial charge on any atom is -0.488 e. The highest BCUT2D eigenvalue weighted by molar-refractivity contribution is 5.95. The van der Waals surface area contributed by atoms with Crippen LogP contribution >= 0.6 is 0 Å². The van der Waals surface area contributed by atoms with Gasteiger partial charge in [-0.05, 0) is 24.3 Å². The van der Waals surface area contributed by atoms with Crippen molar-refractivity contribution < 1.29 is 28.4 Å². The fraction of sp³-hybridized carbons (Fsp3) is 0.118. The molecule has 1 N–H and O–H groups in total. The molecule has 0 unspecified atom stereocenters. The van der Waals surface area contributed by atoms with Gasteiger partial charge in [0.1, 0.15) is 5.82 Å². The molecule has 0 radical (unpaired) electrons. The Hall–Kier alpha value is -3.82. The van der Waals surface area contributed by atoms with E-state index in [0.29, 0.717) is 0 Å². The molecule has 0 aliphatic carbocycles. The molecule has 27 heavy (non-hydrogen) atoms. The second-order valence-corrected chi connectivity index (χ2v) is 5.06. The Morgan fingerprint density at radius 2 is 1.96 bits per heavy atom. The predicted molar refractivity (Wildman–Crippen MR) is 92.4 cm³/mol. The van der Waals surface area contributed by atoms with Gasteiger partial charge in [-0.3, -0.25) is 19.7 Å². The van der Waals surface area contributed by atoms with E-state index in [1.165, 1.54) is 37.4 Å². The molecule has 0 bridgehead atoms. The highest BCUT2D eigenvalue weighted by Gasteiger charge is 2.25. The number of carbonyl (C=O) groups excluding carboxylic acids is 2. The molecule has 9 nitrogen and oxygen atoms in total. The molecule has 0 aliphatic heterocycles. The lowest BCUT2D eigenvalue weighted by molar-refractivity contribution is -0.385. The summed E-state index contributed by atoms with van der Waals surface area (Å²) in [5.74, 6) is -2.65. The summed E-state index contributed by atoms with van der Waals surface area (Å²) in [7, 11) is 1.18. The summed E-state index contributed by atoms with van der Waals surface area (Å²) in [6, 6.07) is 7.83. The fourth-order valence-electron chi connectivity index (χ4n) is 2.16. The largest absolute Gasteiger partial charge is 0.488 e. The molecule has 0 spiro atoms. The molecule has 140 valence electrons. The molecular formula is C17H14FN3O6. The van der Waals surface area contributed by atoms with Gasteiger partial charge in [-0.1, -0.05) is 12.1 Å². The van der Waals surface area contributed by atoms with Crippen LogP contribution in [0.5, 0.6) is 11.5 Å². The topological polar surface area (TPSA) is 120 Å². The molecule has 0 atom stereocenters. The smallest absolute Gasteiger partial charge is 0.323 e. The van der Waals surface area contributed by atoms with Gasteiger partial charge in [0.2, 0.25) is 5.75 Å². The predicted octanol–water partition coefficient (Wildman–Crippen LogP) is 2.43. The molecule has 2 aromatic rings. The Morgan fingerprint density at radius 1 is 1.26 bits per heavy atom. The standard InChI is InChI=1S/C17H14FN3O6/c1-10(22)27-14-8-7-11(15(21(24)25)16(14)26-2)9-19-20-17(23)12-5-3-4-6-13(12)18/h3-9H,1-2H3,(H,20,23)/b19-9+. The summed E-state index contributed by atoms with van der Waals surface area (Å²) >= 11 is 0. The number of hydrazone groups is 1. The molecule has 0 saturated heterocycles. The number of methoxy groups -OCH3 is 1. The molecule has 2 rings (SSSR count). The lowest BCUT2D eigenvalue weighted by atomic mass is 10.1. The maximum Gasteiger partial charge on any atom is 0.323 e. The van der Waals surface area contributed by atoms with Gasteiger partial charge < -0.3 is 9.47 Å². The third-order valence-electron chi connectivity index (χ3n) is 3.26. The van der Waals surface area contributed by atoms with Crippen molar-refractivity contribution in [1.82, 2.24) is 5.43 Å². The van der Waals surface area contributed by atoms with Crippen LogP contribution in [0.15, 0.2) is 41.5 Å². The van der Waals surface area contributed by atoms with Crippen LogP contribution < -0.4 is 14.9 Å². The highest BCUT2D eigenvalue weighted by atomic mass is 19.1. The van der Waals surface area contributed by atoms with Crippen LogP contribution in [0.25, 0.3) is 0 Å². The van der Waals surface area contributed by atoms with E-state index >= 15 is 0 Å². The average molecular weight is 375 g/mol. The van der Waals surface area contributed by atoms with Crippen LogP contribution in [0.1, 0.15) is 22.8 Å². The third-order valence-corrected chi connectivity index (χ3v) is 3.26. The number of esters is 1. The average Bonchev–Trinajstić information content (AvgIpc) is 2.61. The van der Waals surface area contributed by atoms with E-state index < -0.39 is 28.3 Å². The number of hydrogen-bond donors (Lipinski definition) is 1. The second kappa shape index (κ2) is 8.52. The van der Waals surface area contributed by atoms with E-state index in [4.69, 9.17) is 9.47 Å². The van der Waals surface area contributed by atoms with Gasteiger partial charge in [0, 0.05) is 6.92 Å². The van der Waals surface area contributed by atoms with Crippen molar-refractivity contribution in [2.75, 3.05) is 7.11 Å². The first-order valence-electron chi connectivity index (χ1n) is 7.47. The monoisotopic (exact) mass is 375 g/mol. The SMILES string of the molecule is COc1c(OC(C)=O)ccc(/C=N/NC(=O)c2ccccc2F)c1[N+](=O)[O-]. The van der Waals surface area contributed by atoms with Crippen LogP contribution in [-0.2, 0) is 4.79 Å².